The zero-order valence-electron chi connectivity index (χ0n) is 16.9. The Bertz CT molecular complexity index is 807. The molecule has 6 nitrogen and oxygen atoms in total. The van der Waals surface area contributed by atoms with Crippen LogP contribution in [0.5, 0.6) is 5.75 Å². The first-order valence-corrected chi connectivity index (χ1v) is 9.58. The number of benzene rings is 1. The van der Waals surface area contributed by atoms with Gasteiger partial charge < -0.3 is 14.5 Å². The molecule has 0 bridgehead atoms. The number of aryl methyl sites for hydroxylation is 1. The molecule has 0 amide bonds. The van der Waals surface area contributed by atoms with Gasteiger partial charge in [0.05, 0.1) is 7.11 Å². The predicted molar refractivity (Wildman–Crippen MR) is 109 cm³/mol. The molecule has 0 unspecified atom stereocenters. The van der Waals surface area contributed by atoms with Gasteiger partial charge in [-0.1, -0.05) is 12.1 Å². The van der Waals surface area contributed by atoms with Crippen LogP contribution in [0.3, 0.4) is 0 Å². The van der Waals surface area contributed by atoms with Crippen molar-refractivity contribution in [1.29, 1.82) is 0 Å². The van der Waals surface area contributed by atoms with Gasteiger partial charge in [-0.2, -0.15) is 4.98 Å². The predicted octanol–water partition coefficient (Wildman–Crippen LogP) is 2.60. The molecule has 144 valence electrons. The maximum Gasteiger partial charge on any atom is 0.227 e. The van der Waals surface area contributed by atoms with Gasteiger partial charge in [0.15, 0.2) is 0 Å². The van der Waals surface area contributed by atoms with Crippen molar-refractivity contribution in [3.05, 3.63) is 41.6 Å². The first kappa shape index (κ1) is 18.0. The molecule has 0 radical (unpaired) electrons. The molecule has 2 aliphatic heterocycles. The molecule has 2 saturated heterocycles. The summed E-state index contributed by atoms with van der Waals surface area (Å²) in [5, 5.41) is 0. The highest BCUT2D eigenvalue weighted by Crippen LogP contribution is 2.45. The van der Waals surface area contributed by atoms with Crippen LogP contribution in [0.1, 0.15) is 17.2 Å². The summed E-state index contributed by atoms with van der Waals surface area (Å²) in [5.41, 5.74) is 2.48. The van der Waals surface area contributed by atoms with E-state index < -0.39 is 0 Å². The number of ether oxygens (including phenoxy) is 1. The smallest absolute Gasteiger partial charge is 0.227 e. The molecule has 27 heavy (non-hydrogen) atoms. The number of hydrogen-bond acceptors (Lipinski definition) is 6. The van der Waals surface area contributed by atoms with E-state index in [9.17, 15) is 0 Å². The zero-order valence-corrected chi connectivity index (χ0v) is 16.9. The van der Waals surface area contributed by atoms with Gasteiger partial charge in [-0.15, -0.1) is 0 Å². The van der Waals surface area contributed by atoms with Crippen LogP contribution in [0, 0.1) is 18.8 Å². The fraction of sp³-hybridized carbons (Fsp3) is 0.524. The molecule has 0 N–H and O–H groups in total. The zero-order chi connectivity index (χ0) is 19.1. The van der Waals surface area contributed by atoms with Gasteiger partial charge in [0.2, 0.25) is 5.95 Å². The number of rotatable bonds is 4. The second-order valence-electron chi connectivity index (χ2n) is 8.06. The van der Waals surface area contributed by atoms with Gasteiger partial charge in [-0.05, 0) is 37.6 Å². The standard InChI is InChI=1S/C21H29N5O/c1-14-10-22-21(23-20(14)24(2)3)26-12-16-11-25(4)19(18(16)13-26)15-6-8-17(27-5)9-7-15/h6-10,16,18-19H,11-13H2,1-5H3/t16-,18+,19-/m0/s1. The number of likely N-dealkylation sites (tertiary alicyclic amines) is 1. The summed E-state index contributed by atoms with van der Waals surface area (Å²) in [7, 11) is 8.02. The van der Waals surface area contributed by atoms with E-state index in [0.717, 1.165) is 42.7 Å². The number of hydrogen-bond donors (Lipinski definition) is 0. The van der Waals surface area contributed by atoms with E-state index in [-0.39, 0.29) is 0 Å². The van der Waals surface area contributed by atoms with Crippen molar-refractivity contribution < 1.29 is 4.74 Å². The van der Waals surface area contributed by atoms with Gasteiger partial charge >= 0.3 is 0 Å². The Morgan fingerprint density at radius 1 is 1.11 bits per heavy atom. The lowest BCUT2D eigenvalue weighted by atomic mass is 9.89. The largest absolute Gasteiger partial charge is 0.497 e. The highest BCUT2D eigenvalue weighted by molar-refractivity contribution is 5.49. The van der Waals surface area contributed by atoms with Crippen molar-refractivity contribution in [2.45, 2.75) is 13.0 Å². The quantitative estimate of drug-likeness (QED) is 0.828. The lowest BCUT2D eigenvalue weighted by Crippen LogP contribution is -2.30. The number of anilines is 2. The molecule has 2 fully saturated rings. The highest BCUT2D eigenvalue weighted by Gasteiger charge is 2.46. The summed E-state index contributed by atoms with van der Waals surface area (Å²) in [6.45, 7) is 5.20. The normalized spacial score (nSPS) is 24.9. The summed E-state index contributed by atoms with van der Waals surface area (Å²) in [6.07, 6.45) is 1.94. The fourth-order valence-corrected chi connectivity index (χ4v) is 4.75. The van der Waals surface area contributed by atoms with E-state index in [0.29, 0.717) is 17.9 Å². The molecule has 2 aliphatic rings. The van der Waals surface area contributed by atoms with E-state index in [1.165, 1.54) is 5.56 Å². The summed E-state index contributed by atoms with van der Waals surface area (Å²) in [5.74, 6) is 4.01. The maximum absolute atomic E-state index is 5.32. The molecule has 4 rings (SSSR count). The molecule has 6 heteroatoms. The van der Waals surface area contributed by atoms with Crippen LogP contribution < -0.4 is 14.5 Å². The second kappa shape index (κ2) is 7.00. The van der Waals surface area contributed by atoms with E-state index >= 15 is 0 Å². The van der Waals surface area contributed by atoms with E-state index in [2.05, 4.69) is 57.9 Å². The van der Waals surface area contributed by atoms with Crippen molar-refractivity contribution in [2.75, 3.05) is 57.7 Å². The fourth-order valence-electron chi connectivity index (χ4n) is 4.75. The Hall–Kier alpha value is -2.34. The molecule has 1 aromatic heterocycles. The monoisotopic (exact) mass is 367 g/mol. The van der Waals surface area contributed by atoms with Crippen LogP contribution in [0.25, 0.3) is 0 Å². The van der Waals surface area contributed by atoms with Crippen molar-refractivity contribution in [3.63, 3.8) is 0 Å². The minimum atomic E-state index is 0.435. The van der Waals surface area contributed by atoms with Crippen LogP contribution in [-0.2, 0) is 0 Å². The van der Waals surface area contributed by atoms with E-state index in [4.69, 9.17) is 9.72 Å². The van der Waals surface area contributed by atoms with Gasteiger partial charge in [0, 0.05) is 57.4 Å². The van der Waals surface area contributed by atoms with Gasteiger partial charge in [0.25, 0.3) is 0 Å². The Kier molecular flexibility index (Phi) is 4.68. The average Bonchev–Trinajstić information content (AvgIpc) is 3.18. The average molecular weight is 367 g/mol. The van der Waals surface area contributed by atoms with Crippen molar-refractivity contribution in [1.82, 2.24) is 14.9 Å². The Morgan fingerprint density at radius 3 is 2.52 bits per heavy atom. The van der Waals surface area contributed by atoms with Gasteiger partial charge in [-0.3, -0.25) is 4.90 Å². The first-order valence-electron chi connectivity index (χ1n) is 9.58. The third-order valence-corrected chi connectivity index (χ3v) is 5.99. The van der Waals surface area contributed by atoms with Crippen molar-refractivity contribution in [3.8, 4) is 5.75 Å². The third kappa shape index (κ3) is 3.23. The molecule has 3 heterocycles. The van der Waals surface area contributed by atoms with Crippen LogP contribution in [0.2, 0.25) is 0 Å². The lowest BCUT2D eigenvalue weighted by Gasteiger charge is -2.27. The van der Waals surface area contributed by atoms with Gasteiger partial charge in [-0.25, -0.2) is 4.98 Å². The molecule has 0 aliphatic carbocycles. The van der Waals surface area contributed by atoms with E-state index in [1.807, 2.05) is 20.3 Å². The Morgan fingerprint density at radius 2 is 1.85 bits per heavy atom. The highest BCUT2D eigenvalue weighted by atomic mass is 16.5. The first-order chi connectivity index (χ1) is 13.0. The van der Waals surface area contributed by atoms with Crippen LogP contribution >= 0.6 is 0 Å². The summed E-state index contributed by atoms with van der Waals surface area (Å²) in [6, 6.07) is 8.98. The summed E-state index contributed by atoms with van der Waals surface area (Å²) >= 11 is 0. The minimum Gasteiger partial charge on any atom is -0.497 e. The topological polar surface area (TPSA) is 44.7 Å². The molecular formula is C21H29N5O. The number of fused-ring (bicyclic) bond motifs is 1. The van der Waals surface area contributed by atoms with Crippen LogP contribution in [0.4, 0.5) is 11.8 Å². The van der Waals surface area contributed by atoms with Gasteiger partial charge in [0.1, 0.15) is 11.6 Å². The molecule has 1 aromatic carbocycles. The van der Waals surface area contributed by atoms with Crippen molar-refractivity contribution in [2.24, 2.45) is 11.8 Å². The third-order valence-electron chi connectivity index (χ3n) is 5.99. The second-order valence-corrected chi connectivity index (χ2v) is 8.06. The summed E-state index contributed by atoms with van der Waals surface area (Å²) < 4.78 is 5.32. The van der Waals surface area contributed by atoms with E-state index in [1.54, 1.807) is 7.11 Å². The molecule has 0 saturated carbocycles. The molecule has 2 aromatic rings. The Balaban J connectivity index is 1.56. The molecule has 3 atom stereocenters. The van der Waals surface area contributed by atoms with Crippen LogP contribution in [-0.4, -0.2) is 62.8 Å². The summed E-state index contributed by atoms with van der Waals surface area (Å²) in [4.78, 5) is 16.4. The Labute approximate surface area is 161 Å². The number of nitrogens with zero attached hydrogens (tertiary/aromatic N) is 5. The number of methoxy groups -OCH3 is 1. The molecular weight excluding hydrogens is 338 g/mol. The number of aromatic nitrogens is 2. The molecule has 0 spiro atoms. The maximum atomic E-state index is 5.32. The SMILES string of the molecule is COc1ccc([C@H]2[C@@H]3CN(c4ncc(C)c(N(C)C)n4)C[C@@H]3CN2C)cc1. The van der Waals surface area contributed by atoms with Crippen LogP contribution in [0.15, 0.2) is 30.5 Å². The minimum absolute atomic E-state index is 0.435. The van der Waals surface area contributed by atoms with Crippen molar-refractivity contribution >= 4 is 11.8 Å². The lowest BCUT2D eigenvalue weighted by molar-refractivity contribution is 0.279.